The summed E-state index contributed by atoms with van der Waals surface area (Å²) in [6.45, 7) is 5.62. The second-order valence-electron chi connectivity index (χ2n) is 1.90. The Hall–Kier alpha value is -0.440. The third-order valence-corrected chi connectivity index (χ3v) is 1.57. The number of rotatable bonds is 4. The summed E-state index contributed by atoms with van der Waals surface area (Å²) in [6.07, 6.45) is 2.05. The topological polar surface area (TPSA) is 26.3 Å². The van der Waals surface area contributed by atoms with Crippen molar-refractivity contribution in [1.82, 2.24) is 0 Å². The number of carbonyl (C=O) groups is 1. The van der Waals surface area contributed by atoms with E-state index in [0.29, 0.717) is 6.61 Å². The molecule has 0 radical (unpaired) electrons. The normalized spacial score (nSPS) is 12.2. The Morgan fingerprint density at radius 2 is 2.50 bits per heavy atom. The van der Waals surface area contributed by atoms with Gasteiger partial charge in [-0.05, 0) is 6.42 Å². The number of esters is 1. The molecular weight excluding hydrogens is 148 g/mol. The molecular formula is C7H12O2S. The van der Waals surface area contributed by atoms with Gasteiger partial charge in [-0.15, -0.1) is 0 Å². The van der Waals surface area contributed by atoms with Gasteiger partial charge in [0.15, 0.2) is 0 Å². The molecule has 0 aromatic heterocycles. The van der Waals surface area contributed by atoms with Crippen LogP contribution >= 0.6 is 12.6 Å². The third kappa shape index (κ3) is 4.44. The monoisotopic (exact) mass is 160 g/mol. The highest BCUT2D eigenvalue weighted by atomic mass is 32.1. The van der Waals surface area contributed by atoms with Gasteiger partial charge in [0.1, 0.15) is 6.61 Å². The molecule has 0 saturated heterocycles. The zero-order valence-electron chi connectivity index (χ0n) is 6.04. The van der Waals surface area contributed by atoms with Gasteiger partial charge >= 0.3 is 5.97 Å². The molecule has 58 valence electrons. The van der Waals surface area contributed by atoms with Crippen LogP contribution in [0, 0.1) is 0 Å². The largest absolute Gasteiger partial charge is 0.461 e. The maximum absolute atomic E-state index is 10.5. The van der Waals surface area contributed by atoms with E-state index >= 15 is 0 Å². The predicted molar refractivity (Wildman–Crippen MR) is 44.2 cm³/mol. The number of hydrogen-bond acceptors (Lipinski definition) is 3. The van der Waals surface area contributed by atoms with Crippen LogP contribution in [0.1, 0.15) is 13.3 Å². The fraction of sp³-hybridized carbons (Fsp3) is 0.571. The van der Waals surface area contributed by atoms with Crippen molar-refractivity contribution in [1.29, 1.82) is 0 Å². The van der Waals surface area contributed by atoms with Crippen LogP contribution in [0.15, 0.2) is 12.7 Å². The number of ether oxygens (including phenoxy) is 1. The predicted octanol–water partition coefficient (Wildman–Crippen LogP) is 1.42. The first-order valence-electron chi connectivity index (χ1n) is 3.18. The summed E-state index contributed by atoms with van der Waals surface area (Å²) in [5.41, 5.74) is 0. The molecule has 0 bridgehead atoms. The smallest absolute Gasteiger partial charge is 0.330 e. The molecule has 10 heavy (non-hydrogen) atoms. The van der Waals surface area contributed by atoms with E-state index in [4.69, 9.17) is 4.74 Å². The highest BCUT2D eigenvalue weighted by Gasteiger charge is 2.01. The van der Waals surface area contributed by atoms with E-state index in [1.165, 1.54) is 0 Å². The molecule has 0 heterocycles. The molecule has 0 aromatic carbocycles. The first-order valence-corrected chi connectivity index (χ1v) is 3.69. The van der Waals surface area contributed by atoms with Crippen LogP contribution in [-0.2, 0) is 9.53 Å². The van der Waals surface area contributed by atoms with Crippen molar-refractivity contribution >= 4 is 18.6 Å². The van der Waals surface area contributed by atoms with Crippen LogP contribution in [0.25, 0.3) is 0 Å². The van der Waals surface area contributed by atoms with E-state index in [0.717, 1.165) is 12.5 Å². The van der Waals surface area contributed by atoms with Crippen LogP contribution < -0.4 is 0 Å². The second kappa shape index (κ2) is 5.35. The third-order valence-electron chi connectivity index (χ3n) is 1.06. The summed E-state index contributed by atoms with van der Waals surface area (Å²) in [5.74, 6) is -0.382. The van der Waals surface area contributed by atoms with Crippen molar-refractivity contribution in [2.45, 2.75) is 18.6 Å². The highest BCUT2D eigenvalue weighted by molar-refractivity contribution is 7.81. The standard InChI is InChI=1S/C7H12O2S/c1-3-6(10)5-9-7(8)4-2/h4,6,10H,2-3,5H2,1H3. The first kappa shape index (κ1) is 9.56. The van der Waals surface area contributed by atoms with Crippen molar-refractivity contribution in [2.75, 3.05) is 6.61 Å². The van der Waals surface area contributed by atoms with Crippen molar-refractivity contribution in [3.8, 4) is 0 Å². The van der Waals surface area contributed by atoms with Gasteiger partial charge in [-0.25, -0.2) is 4.79 Å². The van der Waals surface area contributed by atoms with Gasteiger partial charge < -0.3 is 4.74 Å². The average molecular weight is 160 g/mol. The summed E-state index contributed by atoms with van der Waals surface area (Å²) in [6, 6.07) is 0. The summed E-state index contributed by atoms with van der Waals surface area (Å²) in [5, 5.41) is 0.142. The minimum absolute atomic E-state index is 0.142. The maximum atomic E-state index is 10.5. The molecule has 3 heteroatoms. The Balaban J connectivity index is 3.34. The molecule has 0 N–H and O–H groups in total. The maximum Gasteiger partial charge on any atom is 0.330 e. The van der Waals surface area contributed by atoms with Gasteiger partial charge in [-0.2, -0.15) is 12.6 Å². The van der Waals surface area contributed by atoms with E-state index in [1.807, 2.05) is 6.92 Å². The molecule has 0 aliphatic rings. The van der Waals surface area contributed by atoms with Crippen molar-refractivity contribution in [3.63, 3.8) is 0 Å². The van der Waals surface area contributed by atoms with Crippen LogP contribution in [0.2, 0.25) is 0 Å². The van der Waals surface area contributed by atoms with Crippen molar-refractivity contribution in [2.24, 2.45) is 0 Å². The van der Waals surface area contributed by atoms with Gasteiger partial charge in [0.2, 0.25) is 0 Å². The zero-order valence-corrected chi connectivity index (χ0v) is 6.93. The Morgan fingerprint density at radius 1 is 1.90 bits per heavy atom. The second-order valence-corrected chi connectivity index (χ2v) is 2.63. The molecule has 0 rings (SSSR count). The van der Waals surface area contributed by atoms with Gasteiger partial charge in [0, 0.05) is 11.3 Å². The lowest BCUT2D eigenvalue weighted by Gasteiger charge is -2.06. The van der Waals surface area contributed by atoms with Crippen LogP contribution in [0.5, 0.6) is 0 Å². The lowest BCUT2D eigenvalue weighted by atomic mass is 10.3. The fourth-order valence-electron chi connectivity index (χ4n) is 0.355. The van der Waals surface area contributed by atoms with Gasteiger partial charge in [0.05, 0.1) is 0 Å². The summed E-state index contributed by atoms with van der Waals surface area (Å²) in [7, 11) is 0. The van der Waals surface area contributed by atoms with Crippen LogP contribution in [0.3, 0.4) is 0 Å². The Labute approximate surface area is 66.7 Å². The molecule has 0 spiro atoms. The number of thiol groups is 1. The summed E-state index contributed by atoms with van der Waals surface area (Å²) < 4.78 is 4.71. The van der Waals surface area contributed by atoms with Gasteiger partial charge in [-0.1, -0.05) is 13.5 Å². The Bertz CT molecular complexity index is 123. The number of hydrogen-bond donors (Lipinski definition) is 1. The summed E-state index contributed by atoms with van der Waals surface area (Å²) >= 11 is 4.13. The first-order chi connectivity index (χ1) is 4.70. The van der Waals surface area contributed by atoms with Crippen LogP contribution in [-0.4, -0.2) is 17.8 Å². The molecule has 0 aromatic rings. The average Bonchev–Trinajstić information content (AvgIpc) is 1.99. The molecule has 1 unspecified atom stereocenters. The Kier molecular flexibility index (Phi) is 5.12. The molecule has 0 aliphatic heterocycles. The van der Waals surface area contributed by atoms with Gasteiger partial charge in [0.25, 0.3) is 0 Å². The lowest BCUT2D eigenvalue weighted by Crippen LogP contribution is -2.11. The minimum atomic E-state index is -0.382. The van der Waals surface area contributed by atoms with Crippen molar-refractivity contribution in [3.05, 3.63) is 12.7 Å². The van der Waals surface area contributed by atoms with Crippen LogP contribution in [0.4, 0.5) is 0 Å². The molecule has 2 nitrogen and oxygen atoms in total. The van der Waals surface area contributed by atoms with Gasteiger partial charge in [-0.3, -0.25) is 0 Å². The SMILES string of the molecule is C=CC(=O)OCC(S)CC. The quantitative estimate of drug-likeness (QED) is 0.382. The minimum Gasteiger partial charge on any atom is -0.461 e. The van der Waals surface area contributed by atoms with E-state index in [9.17, 15) is 4.79 Å². The van der Waals surface area contributed by atoms with E-state index in [-0.39, 0.29) is 11.2 Å². The molecule has 0 amide bonds. The summed E-state index contributed by atoms with van der Waals surface area (Å²) in [4.78, 5) is 10.5. The van der Waals surface area contributed by atoms with Crippen molar-refractivity contribution < 1.29 is 9.53 Å². The highest BCUT2D eigenvalue weighted by Crippen LogP contribution is 2.00. The molecule has 1 atom stereocenters. The number of carbonyl (C=O) groups excluding carboxylic acids is 1. The van der Waals surface area contributed by atoms with E-state index in [1.54, 1.807) is 0 Å². The van der Waals surface area contributed by atoms with E-state index in [2.05, 4.69) is 19.2 Å². The molecule has 0 aliphatic carbocycles. The Morgan fingerprint density at radius 3 is 2.90 bits per heavy atom. The molecule has 0 saturated carbocycles. The lowest BCUT2D eigenvalue weighted by molar-refractivity contribution is -0.137. The molecule has 0 fully saturated rings. The zero-order chi connectivity index (χ0) is 7.98. The van der Waals surface area contributed by atoms with E-state index < -0.39 is 0 Å². The fourth-order valence-corrected chi connectivity index (χ4v) is 0.430.